The normalized spacial score (nSPS) is 18.8. The molecule has 1 amide bonds. The molecule has 2 heterocycles. The summed E-state index contributed by atoms with van der Waals surface area (Å²) in [6, 6.07) is 7.66. The van der Waals surface area contributed by atoms with Crippen LogP contribution in [0.15, 0.2) is 43.0 Å². The van der Waals surface area contributed by atoms with Crippen molar-refractivity contribution >= 4 is 5.91 Å². The molecule has 2 aromatic rings. The average Bonchev–Trinajstić information content (AvgIpc) is 3.09. The highest BCUT2D eigenvalue weighted by Gasteiger charge is 2.24. The monoisotopic (exact) mass is 256 g/mol. The van der Waals surface area contributed by atoms with E-state index in [4.69, 9.17) is 5.73 Å². The summed E-state index contributed by atoms with van der Waals surface area (Å²) in [5.41, 5.74) is 7.52. The van der Waals surface area contributed by atoms with Gasteiger partial charge in [-0.1, -0.05) is 0 Å². The molecule has 98 valence electrons. The average molecular weight is 256 g/mol. The molecule has 1 aromatic heterocycles. The third kappa shape index (κ3) is 2.37. The lowest BCUT2D eigenvalue weighted by Gasteiger charge is -2.16. The van der Waals surface area contributed by atoms with Crippen LogP contribution in [-0.2, 0) is 0 Å². The van der Waals surface area contributed by atoms with Gasteiger partial charge in [0.1, 0.15) is 0 Å². The summed E-state index contributed by atoms with van der Waals surface area (Å²) in [5, 5.41) is 0. The molecule has 2 N–H and O–H groups in total. The Morgan fingerprint density at radius 3 is 2.68 bits per heavy atom. The van der Waals surface area contributed by atoms with Crippen LogP contribution in [0.25, 0.3) is 5.69 Å². The first-order valence-electron chi connectivity index (χ1n) is 6.37. The Bertz CT molecular complexity index is 562. The second-order valence-electron chi connectivity index (χ2n) is 4.82. The first-order chi connectivity index (χ1) is 9.24. The standard InChI is InChI=1S/C14H16N4O/c15-12-5-7-17(9-12)14(19)11-1-3-13(4-2-11)18-8-6-16-10-18/h1-4,6,8,10,12H,5,7,9,15H2/t12-/m1/s1. The van der Waals surface area contributed by atoms with Crippen molar-refractivity contribution in [2.45, 2.75) is 12.5 Å². The molecule has 3 rings (SSSR count). The third-order valence-corrected chi connectivity index (χ3v) is 3.43. The van der Waals surface area contributed by atoms with E-state index >= 15 is 0 Å². The highest BCUT2D eigenvalue weighted by molar-refractivity contribution is 5.94. The number of benzene rings is 1. The van der Waals surface area contributed by atoms with Crippen molar-refractivity contribution in [3.63, 3.8) is 0 Å². The molecule has 0 saturated carbocycles. The van der Waals surface area contributed by atoms with E-state index in [-0.39, 0.29) is 11.9 Å². The lowest BCUT2D eigenvalue weighted by molar-refractivity contribution is 0.0791. The Morgan fingerprint density at radius 1 is 1.32 bits per heavy atom. The molecule has 1 atom stereocenters. The van der Waals surface area contributed by atoms with Gasteiger partial charge in [-0.15, -0.1) is 0 Å². The molecule has 1 aromatic carbocycles. The minimum atomic E-state index is 0.0603. The van der Waals surface area contributed by atoms with E-state index in [2.05, 4.69) is 4.98 Å². The molecule has 1 fully saturated rings. The highest BCUT2D eigenvalue weighted by atomic mass is 16.2. The van der Waals surface area contributed by atoms with Crippen LogP contribution in [0.5, 0.6) is 0 Å². The quantitative estimate of drug-likeness (QED) is 0.873. The van der Waals surface area contributed by atoms with Gasteiger partial charge in [0, 0.05) is 42.8 Å². The van der Waals surface area contributed by atoms with E-state index in [1.165, 1.54) is 0 Å². The number of likely N-dealkylation sites (tertiary alicyclic amines) is 1. The Hall–Kier alpha value is -2.14. The zero-order chi connectivity index (χ0) is 13.2. The maximum atomic E-state index is 12.2. The van der Waals surface area contributed by atoms with Crippen LogP contribution < -0.4 is 5.73 Å². The van der Waals surface area contributed by atoms with Crippen molar-refractivity contribution in [3.8, 4) is 5.69 Å². The molecule has 19 heavy (non-hydrogen) atoms. The summed E-state index contributed by atoms with van der Waals surface area (Å²) in [4.78, 5) is 18.1. The van der Waals surface area contributed by atoms with E-state index in [0.29, 0.717) is 12.1 Å². The van der Waals surface area contributed by atoms with E-state index in [0.717, 1.165) is 18.7 Å². The Balaban J connectivity index is 1.77. The first kappa shape index (κ1) is 11.9. The van der Waals surface area contributed by atoms with E-state index < -0.39 is 0 Å². The predicted octanol–water partition coefficient (Wildman–Crippen LogP) is 1.05. The Labute approximate surface area is 111 Å². The van der Waals surface area contributed by atoms with Gasteiger partial charge in [0.2, 0.25) is 0 Å². The number of carbonyl (C=O) groups is 1. The third-order valence-electron chi connectivity index (χ3n) is 3.43. The molecule has 1 aliphatic rings. The number of hydrogen-bond acceptors (Lipinski definition) is 3. The van der Waals surface area contributed by atoms with Gasteiger partial charge in [0.25, 0.3) is 5.91 Å². The van der Waals surface area contributed by atoms with Crippen molar-refractivity contribution in [2.75, 3.05) is 13.1 Å². The van der Waals surface area contributed by atoms with Crippen LogP contribution in [-0.4, -0.2) is 39.5 Å². The van der Waals surface area contributed by atoms with Crippen LogP contribution in [0.3, 0.4) is 0 Å². The zero-order valence-corrected chi connectivity index (χ0v) is 10.6. The molecule has 1 aliphatic heterocycles. The van der Waals surface area contributed by atoms with Crippen molar-refractivity contribution in [1.82, 2.24) is 14.5 Å². The number of hydrogen-bond donors (Lipinski definition) is 1. The van der Waals surface area contributed by atoms with Crippen LogP contribution in [0, 0.1) is 0 Å². The fourth-order valence-corrected chi connectivity index (χ4v) is 2.34. The topological polar surface area (TPSA) is 64.2 Å². The maximum absolute atomic E-state index is 12.2. The SMILES string of the molecule is N[C@@H]1CCN(C(=O)c2ccc(-n3ccnc3)cc2)C1. The number of nitrogens with zero attached hydrogens (tertiary/aromatic N) is 3. The molecule has 0 radical (unpaired) electrons. The van der Waals surface area contributed by atoms with E-state index in [1.807, 2.05) is 39.9 Å². The Kier molecular flexibility index (Phi) is 3.05. The van der Waals surface area contributed by atoms with Crippen LogP contribution in [0.2, 0.25) is 0 Å². The minimum absolute atomic E-state index is 0.0603. The van der Waals surface area contributed by atoms with Crippen molar-refractivity contribution in [2.24, 2.45) is 5.73 Å². The maximum Gasteiger partial charge on any atom is 0.253 e. The molecule has 0 spiro atoms. The van der Waals surface area contributed by atoms with Gasteiger partial charge < -0.3 is 15.2 Å². The molecular weight excluding hydrogens is 240 g/mol. The molecule has 0 aliphatic carbocycles. The van der Waals surface area contributed by atoms with Crippen molar-refractivity contribution in [1.29, 1.82) is 0 Å². The van der Waals surface area contributed by atoms with Crippen LogP contribution >= 0.6 is 0 Å². The summed E-state index contributed by atoms with van der Waals surface area (Å²) >= 11 is 0. The van der Waals surface area contributed by atoms with Gasteiger partial charge in [-0.2, -0.15) is 0 Å². The van der Waals surface area contributed by atoms with Gasteiger partial charge in [0.05, 0.1) is 6.33 Å². The summed E-state index contributed by atoms with van der Waals surface area (Å²) in [7, 11) is 0. The van der Waals surface area contributed by atoms with Crippen LogP contribution in [0.4, 0.5) is 0 Å². The summed E-state index contributed by atoms with van der Waals surface area (Å²) in [6.45, 7) is 1.41. The number of imidazole rings is 1. The van der Waals surface area contributed by atoms with Gasteiger partial charge in [-0.3, -0.25) is 4.79 Å². The van der Waals surface area contributed by atoms with Crippen molar-refractivity contribution < 1.29 is 4.79 Å². The minimum Gasteiger partial charge on any atom is -0.337 e. The fraction of sp³-hybridized carbons (Fsp3) is 0.286. The second-order valence-corrected chi connectivity index (χ2v) is 4.82. The number of aromatic nitrogens is 2. The zero-order valence-electron chi connectivity index (χ0n) is 10.6. The van der Waals surface area contributed by atoms with Gasteiger partial charge in [-0.05, 0) is 30.7 Å². The van der Waals surface area contributed by atoms with Crippen LogP contribution in [0.1, 0.15) is 16.8 Å². The molecule has 0 bridgehead atoms. The number of nitrogens with two attached hydrogens (primary N) is 1. The molecule has 1 saturated heterocycles. The predicted molar refractivity (Wildman–Crippen MR) is 72.1 cm³/mol. The first-order valence-corrected chi connectivity index (χ1v) is 6.37. The number of rotatable bonds is 2. The summed E-state index contributed by atoms with van der Waals surface area (Å²) < 4.78 is 1.90. The summed E-state index contributed by atoms with van der Waals surface area (Å²) in [6.07, 6.45) is 6.22. The lowest BCUT2D eigenvalue weighted by Crippen LogP contribution is -2.31. The highest BCUT2D eigenvalue weighted by Crippen LogP contribution is 2.14. The lowest BCUT2D eigenvalue weighted by atomic mass is 10.2. The fourth-order valence-electron chi connectivity index (χ4n) is 2.34. The largest absolute Gasteiger partial charge is 0.337 e. The number of carbonyl (C=O) groups excluding carboxylic acids is 1. The molecule has 5 heteroatoms. The van der Waals surface area contributed by atoms with Gasteiger partial charge >= 0.3 is 0 Å². The van der Waals surface area contributed by atoms with Gasteiger partial charge in [-0.25, -0.2) is 4.98 Å². The van der Waals surface area contributed by atoms with Crippen molar-refractivity contribution in [3.05, 3.63) is 48.5 Å². The van der Waals surface area contributed by atoms with E-state index in [1.54, 1.807) is 12.5 Å². The van der Waals surface area contributed by atoms with Gasteiger partial charge in [0.15, 0.2) is 0 Å². The molecular formula is C14H16N4O. The number of amides is 1. The summed E-state index contributed by atoms with van der Waals surface area (Å²) in [5.74, 6) is 0.0603. The smallest absolute Gasteiger partial charge is 0.253 e. The van der Waals surface area contributed by atoms with E-state index in [9.17, 15) is 4.79 Å². The molecule has 5 nitrogen and oxygen atoms in total. The Morgan fingerprint density at radius 2 is 2.11 bits per heavy atom. The molecule has 0 unspecified atom stereocenters. The second kappa shape index (κ2) is 4.85.